The molecule has 1 fully saturated rings. The standard InChI is InChI=1S/C19H29F3N4O2/c1-4-23-18(24-7-6-19(20,21)22)25-15-5-8-26(13-15)12-14-9-16(27-2)11-17(10-14)28-3/h9-11,15H,4-8,12-13H2,1-3H3,(H2,23,24,25). The summed E-state index contributed by atoms with van der Waals surface area (Å²) in [4.78, 5) is 6.32. The van der Waals surface area contributed by atoms with Gasteiger partial charge in [-0.1, -0.05) is 0 Å². The van der Waals surface area contributed by atoms with Gasteiger partial charge in [0.05, 0.1) is 27.2 Å². The third-order valence-corrected chi connectivity index (χ3v) is 4.44. The van der Waals surface area contributed by atoms with Gasteiger partial charge in [-0.15, -0.1) is 0 Å². The summed E-state index contributed by atoms with van der Waals surface area (Å²) in [6.07, 6.45) is -4.22. The maximum absolute atomic E-state index is 12.3. The maximum Gasteiger partial charge on any atom is 0.390 e. The van der Waals surface area contributed by atoms with Gasteiger partial charge >= 0.3 is 6.18 Å². The van der Waals surface area contributed by atoms with Crippen molar-refractivity contribution >= 4 is 5.96 Å². The first kappa shape index (κ1) is 22.1. The fourth-order valence-corrected chi connectivity index (χ4v) is 3.12. The topological polar surface area (TPSA) is 58.1 Å². The molecule has 1 aliphatic rings. The van der Waals surface area contributed by atoms with E-state index < -0.39 is 12.6 Å². The van der Waals surface area contributed by atoms with Gasteiger partial charge in [-0.05, 0) is 31.0 Å². The van der Waals surface area contributed by atoms with Gasteiger partial charge < -0.3 is 20.1 Å². The van der Waals surface area contributed by atoms with Crippen LogP contribution in [0.1, 0.15) is 25.3 Å². The average Bonchev–Trinajstić information content (AvgIpc) is 3.07. The highest BCUT2D eigenvalue weighted by atomic mass is 19.4. The molecule has 28 heavy (non-hydrogen) atoms. The second-order valence-corrected chi connectivity index (χ2v) is 6.71. The zero-order chi connectivity index (χ0) is 20.6. The largest absolute Gasteiger partial charge is 0.497 e. The molecule has 0 aliphatic carbocycles. The Labute approximate surface area is 164 Å². The molecule has 1 aromatic rings. The van der Waals surface area contributed by atoms with Crippen molar-refractivity contribution in [3.63, 3.8) is 0 Å². The molecular formula is C19H29F3N4O2. The lowest BCUT2D eigenvalue weighted by molar-refractivity contribution is -0.132. The minimum atomic E-state index is -4.19. The van der Waals surface area contributed by atoms with Gasteiger partial charge in [-0.3, -0.25) is 9.89 Å². The van der Waals surface area contributed by atoms with Gasteiger partial charge in [0.15, 0.2) is 5.96 Å². The van der Waals surface area contributed by atoms with E-state index in [0.717, 1.165) is 43.1 Å². The number of likely N-dealkylation sites (tertiary alicyclic amines) is 1. The van der Waals surface area contributed by atoms with E-state index in [2.05, 4.69) is 20.5 Å². The molecule has 1 heterocycles. The lowest BCUT2D eigenvalue weighted by Crippen LogP contribution is -2.44. The van der Waals surface area contributed by atoms with Crippen LogP contribution in [0.2, 0.25) is 0 Å². The van der Waals surface area contributed by atoms with E-state index in [0.29, 0.717) is 12.5 Å². The number of guanidine groups is 1. The number of nitrogens with one attached hydrogen (secondary N) is 2. The van der Waals surface area contributed by atoms with Crippen LogP contribution in [0.25, 0.3) is 0 Å². The summed E-state index contributed by atoms with van der Waals surface area (Å²) in [6.45, 7) is 4.62. The van der Waals surface area contributed by atoms with Crippen LogP contribution in [0, 0.1) is 0 Å². The number of benzene rings is 1. The van der Waals surface area contributed by atoms with Crippen molar-refractivity contribution < 1.29 is 22.6 Å². The molecule has 0 aromatic heterocycles. The van der Waals surface area contributed by atoms with Gasteiger partial charge in [0.1, 0.15) is 11.5 Å². The number of alkyl halides is 3. The molecule has 1 unspecified atom stereocenters. The number of nitrogens with zero attached hydrogens (tertiary/aromatic N) is 2. The number of methoxy groups -OCH3 is 2. The van der Waals surface area contributed by atoms with Crippen LogP contribution in [-0.4, -0.2) is 63.5 Å². The van der Waals surface area contributed by atoms with Crippen LogP contribution in [0.4, 0.5) is 13.2 Å². The first-order valence-corrected chi connectivity index (χ1v) is 9.39. The first-order chi connectivity index (χ1) is 13.3. The molecule has 9 heteroatoms. The van der Waals surface area contributed by atoms with Crippen molar-refractivity contribution in [2.24, 2.45) is 4.99 Å². The molecule has 0 radical (unpaired) electrons. The van der Waals surface area contributed by atoms with E-state index in [-0.39, 0.29) is 12.6 Å². The number of ether oxygens (including phenoxy) is 2. The van der Waals surface area contributed by atoms with Crippen molar-refractivity contribution in [2.45, 2.75) is 38.5 Å². The van der Waals surface area contributed by atoms with E-state index in [1.165, 1.54) is 0 Å². The second-order valence-electron chi connectivity index (χ2n) is 6.71. The van der Waals surface area contributed by atoms with Crippen LogP contribution >= 0.6 is 0 Å². The molecule has 0 saturated carbocycles. The van der Waals surface area contributed by atoms with Gasteiger partial charge in [0.2, 0.25) is 0 Å². The zero-order valence-corrected chi connectivity index (χ0v) is 16.6. The van der Waals surface area contributed by atoms with Crippen molar-refractivity contribution in [1.29, 1.82) is 0 Å². The van der Waals surface area contributed by atoms with Crippen LogP contribution in [0.3, 0.4) is 0 Å². The Balaban J connectivity index is 1.90. The number of rotatable bonds is 8. The summed E-state index contributed by atoms with van der Waals surface area (Å²) in [5.41, 5.74) is 1.09. The van der Waals surface area contributed by atoms with Crippen LogP contribution in [-0.2, 0) is 6.54 Å². The fourth-order valence-electron chi connectivity index (χ4n) is 3.12. The predicted octanol–water partition coefficient (Wildman–Crippen LogP) is 2.79. The fraction of sp³-hybridized carbons (Fsp3) is 0.632. The molecule has 0 bridgehead atoms. The number of aliphatic imine (C=N–C) groups is 1. The number of halogens is 3. The third-order valence-electron chi connectivity index (χ3n) is 4.44. The lowest BCUT2D eigenvalue weighted by atomic mass is 10.2. The Morgan fingerprint density at radius 1 is 1.21 bits per heavy atom. The van der Waals surface area contributed by atoms with Crippen molar-refractivity contribution in [3.05, 3.63) is 23.8 Å². The Hall–Kier alpha value is -2.16. The van der Waals surface area contributed by atoms with Crippen molar-refractivity contribution in [1.82, 2.24) is 15.5 Å². The highest BCUT2D eigenvalue weighted by molar-refractivity contribution is 5.80. The normalized spacial score (nSPS) is 18.2. The van der Waals surface area contributed by atoms with Crippen molar-refractivity contribution in [3.8, 4) is 11.5 Å². The Bertz CT molecular complexity index is 630. The molecule has 0 spiro atoms. The lowest BCUT2D eigenvalue weighted by Gasteiger charge is -2.19. The predicted molar refractivity (Wildman–Crippen MR) is 103 cm³/mol. The second kappa shape index (κ2) is 10.4. The molecular weight excluding hydrogens is 373 g/mol. The Morgan fingerprint density at radius 2 is 1.89 bits per heavy atom. The van der Waals surface area contributed by atoms with Gasteiger partial charge in [-0.2, -0.15) is 13.2 Å². The monoisotopic (exact) mass is 402 g/mol. The molecule has 2 N–H and O–H groups in total. The van der Waals surface area contributed by atoms with E-state index in [4.69, 9.17) is 9.47 Å². The summed E-state index contributed by atoms with van der Waals surface area (Å²) in [6, 6.07) is 5.92. The number of hydrogen-bond donors (Lipinski definition) is 2. The highest BCUT2D eigenvalue weighted by Gasteiger charge is 2.27. The Morgan fingerprint density at radius 3 is 2.46 bits per heavy atom. The molecule has 158 valence electrons. The van der Waals surface area contributed by atoms with E-state index in [1.54, 1.807) is 14.2 Å². The van der Waals surface area contributed by atoms with E-state index in [9.17, 15) is 13.2 Å². The van der Waals surface area contributed by atoms with Gasteiger partial charge in [-0.25, -0.2) is 0 Å². The van der Waals surface area contributed by atoms with Gasteiger partial charge in [0.25, 0.3) is 0 Å². The van der Waals surface area contributed by atoms with E-state index >= 15 is 0 Å². The Kier molecular flexibility index (Phi) is 8.22. The zero-order valence-electron chi connectivity index (χ0n) is 16.6. The van der Waals surface area contributed by atoms with E-state index in [1.807, 2.05) is 25.1 Å². The molecule has 1 saturated heterocycles. The average molecular weight is 402 g/mol. The molecule has 1 aliphatic heterocycles. The molecule has 2 rings (SSSR count). The molecule has 0 amide bonds. The summed E-state index contributed by atoms with van der Waals surface area (Å²) in [5, 5.41) is 6.25. The quantitative estimate of drug-likeness (QED) is 0.517. The minimum Gasteiger partial charge on any atom is -0.497 e. The summed E-state index contributed by atoms with van der Waals surface area (Å²) >= 11 is 0. The smallest absolute Gasteiger partial charge is 0.390 e. The highest BCUT2D eigenvalue weighted by Crippen LogP contribution is 2.24. The minimum absolute atomic E-state index is 0.135. The van der Waals surface area contributed by atoms with Crippen LogP contribution in [0.15, 0.2) is 23.2 Å². The first-order valence-electron chi connectivity index (χ1n) is 9.39. The molecule has 6 nitrogen and oxygen atoms in total. The maximum atomic E-state index is 12.3. The SMILES string of the molecule is CCNC(=NCCC(F)(F)F)NC1CCN(Cc2cc(OC)cc(OC)c2)C1. The summed E-state index contributed by atoms with van der Waals surface area (Å²) in [5.74, 6) is 1.92. The third kappa shape index (κ3) is 7.46. The molecule has 1 aromatic carbocycles. The summed E-state index contributed by atoms with van der Waals surface area (Å²) < 4.78 is 47.6. The van der Waals surface area contributed by atoms with Crippen molar-refractivity contribution in [2.75, 3.05) is 40.4 Å². The number of hydrogen-bond acceptors (Lipinski definition) is 4. The summed E-state index contributed by atoms with van der Waals surface area (Å²) in [7, 11) is 3.24. The van der Waals surface area contributed by atoms with Crippen LogP contribution in [0.5, 0.6) is 11.5 Å². The molecule has 1 atom stereocenters. The van der Waals surface area contributed by atoms with Gasteiger partial charge in [0, 0.05) is 38.3 Å². The van der Waals surface area contributed by atoms with Crippen LogP contribution < -0.4 is 20.1 Å².